The first kappa shape index (κ1) is 21.8. The van der Waals surface area contributed by atoms with E-state index in [1.54, 1.807) is 0 Å². The standard InChI is InChI=1S/C14H17F3O8S/c1-5-24-13(18)10-8(7-21-2)6-9(22-3)11(12(10)23-4)25-26(19,20)14(15,16)17/h6H,5,7H2,1-4H3. The zero-order valence-corrected chi connectivity index (χ0v) is 15.1. The van der Waals surface area contributed by atoms with Gasteiger partial charge in [-0.15, -0.1) is 0 Å². The van der Waals surface area contributed by atoms with Gasteiger partial charge < -0.3 is 23.1 Å². The van der Waals surface area contributed by atoms with Crippen LogP contribution in [0.2, 0.25) is 0 Å². The zero-order chi connectivity index (χ0) is 20.1. The molecule has 12 heteroatoms. The third-order valence-electron chi connectivity index (χ3n) is 2.96. The van der Waals surface area contributed by atoms with Gasteiger partial charge in [-0.3, -0.25) is 0 Å². The fourth-order valence-electron chi connectivity index (χ4n) is 1.95. The van der Waals surface area contributed by atoms with Crippen molar-refractivity contribution in [2.24, 2.45) is 0 Å². The monoisotopic (exact) mass is 402 g/mol. The number of benzene rings is 1. The molecule has 0 amide bonds. The van der Waals surface area contributed by atoms with Gasteiger partial charge in [0.25, 0.3) is 0 Å². The fourth-order valence-corrected chi connectivity index (χ4v) is 2.42. The highest BCUT2D eigenvalue weighted by Crippen LogP contribution is 2.45. The summed E-state index contributed by atoms with van der Waals surface area (Å²) in [6, 6.07) is 1.10. The van der Waals surface area contributed by atoms with Gasteiger partial charge in [-0.25, -0.2) is 4.79 Å². The van der Waals surface area contributed by atoms with Crippen molar-refractivity contribution in [3.8, 4) is 17.2 Å². The molecule has 26 heavy (non-hydrogen) atoms. The van der Waals surface area contributed by atoms with Crippen LogP contribution in [0, 0.1) is 0 Å². The Bertz CT molecular complexity index is 758. The number of carbonyl (C=O) groups excluding carboxylic acids is 1. The van der Waals surface area contributed by atoms with Crippen molar-refractivity contribution in [1.82, 2.24) is 0 Å². The van der Waals surface area contributed by atoms with E-state index in [2.05, 4.69) is 4.18 Å². The van der Waals surface area contributed by atoms with E-state index in [0.29, 0.717) is 0 Å². The predicted octanol–water partition coefficient (Wildman–Crippen LogP) is 2.26. The molecule has 0 heterocycles. The molecule has 0 aliphatic heterocycles. The number of rotatable bonds is 8. The van der Waals surface area contributed by atoms with Crippen molar-refractivity contribution >= 4 is 16.1 Å². The Kier molecular flexibility index (Phi) is 7.09. The highest BCUT2D eigenvalue weighted by atomic mass is 32.2. The molecule has 8 nitrogen and oxygen atoms in total. The zero-order valence-electron chi connectivity index (χ0n) is 14.3. The molecule has 0 spiro atoms. The highest BCUT2D eigenvalue weighted by Gasteiger charge is 2.49. The summed E-state index contributed by atoms with van der Waals surface area (Å²) < 4.78 is 84.5. The molecule has 1 rings (SSSR count). The van der Waals surface area contributed by atoms with E-state index in [1.807, 2.05) is 0 Å². The molecule has 0 fully saturated rings. The van der Waals surface area contributed by atoms with Crippen LogP contribution < -0.4 is 13.7 Å². The minimum atomic E-state index is -6.04. The Balaban J connectivity index is 3.73. The summed E-state index contributed by atoms with van der Waals surface area (Å²) in [5, 5.41) is 0. The van der Waals surface area contributed by atoms with E-state index < -0.39 is 38.8 Å². The molecule has 0 saturated heterocycles. The molecule has 0 atom stereocenters. The lowest BCUT2D eigenvalue weighted by molar-refractivity contribution is -0.0501. The Morgan fingerprint density at radius 1 is 1.12 bits per heavy atom. The maximum absolute atomic E-state index is 12.7. The summed E-state index contributed by atoms with van der Waals surface area (Å²) in [7, 11) is -2.64. The lowest BCUT2D eigenvalue weighted by atomic mass is 10.1. The number of halogens is 3. The van der Waals surface area contributed by atoms with Crippen LogP contribution in [0.3, 0.4) is 0 Å². The summed E-state index contributed by atoms with van der Waals surface area (Å²) in [6.07, 6.45) is 0. The van der Waals surface area contributed by atoms with Gasteiger partial charge in [-0.1, -0.05) is 0 Å². The quantitative estimate of drug-likeness (QED) is 0.371. The second-order valence-corrected chi connectivity index (χ2v) is 6.15. The Hall–Kier alpha value is -2.21. The van der Waals surface area contributed by atoms with Gasteiger partial charge in [-0.05, 0) is 18.6 Å². The third kappa shape index (κ3) is 4.49. The van der Waals surface area contributed by atoms with Crippen LogP contribution in [0.1, 0.15) is 22.8 Å². The minimum Gasteiger partial charge on any atom is -0.493 e. The van der Waals surface area contributed by atoms with E-state index in [9.17, 15) is 26.4 Å². The maximum atomic E-state index is 12.7. The molecule has 0 aromatic heterocycles. The van der Waals surface area contributed by atoms with Gasteiger partial charge >= 0.3 is 21.6 Å². The third-order valence-corrected chi connectivity index (χ3v) is 3.92. The second-order valence-electron chi connectivity index (χ2n) is 4.61. The minimum absolute atomic E-state index is 0.0442. The number of ether oxygens (including phenoxy) is 4. The lowest BCUT2D eigenvalue weighted by Crippen LogP contribution is -2.28. The number of hydrogen-bond donors (Lipinski definition) is 0. The molecular formula is C14H17F3O8S. The second kappa shape index (κ2) is 8.45. The van der Waals surface area contributed by atoms with Crippen molar-refractivity contribution < 1.29 is 49.5 Å². The van der Waals surface area contributed by atoms with Crippen molar-refractivity contribution in [3.63, 3.8) is 0 Å². The van der Waals surface area contributed by atoms with E-state index >= 15 is 0 Å². The Labute approximate surface area is 147 Å². The molecule has 0 radical (unpaired) electrons. The van der Waals surface area contributed by atoms with Crippen LogP contribution in [0.5, 0.6) is 17.2 Å². The summed E-state index contributed by atoms with van der Waals surface area (Å²) in [5.74, 6) is -2.90. The van der Waals surface area contributed by atoms with Gasteiger partial charge in [0.05, 0.1) is 27.4 Å². The molecule has 0 aliphatic carbocycles. The SMILES string of the molecule is CCOC(=O)c1c(COC)cc(OC)c(OS(=O)(=O)C(F)(F)F)c1OC. The first-order chi connectivity index (χ1) is 12.0. The number of carbonyl (C=O) groups is 1. The van der Waals surface area contributed by atoms with Crippen LogP contribution >= 0.6 is 0 Å². The average Bonchev–Trinajstić information content (AvgIpc) is 2.54. The normalized spacial score (nSPS) is 11.8. The largest absolute Gasteiger partial charge is 0.534 e. The molecule has 0 saturated carbocycles. The molecule has 1 aromatic rings. The summed E-state index contributed by atoms with van der Waals surface area (Å²) in [6.45, 7) is 1.31. The molecule has 1 aromatic carbocycles. The smallest absolute Gasteiger partial charge is 0.493 e. The van der Waals surface area contributed by atoms with Crippen LogP contribution in [0.25, 0.3) is 0 Å². The summed E-state index contributed by atoms with van der Waals surface area (Å²) >= 11 is 0. The average molecular weight is 402 g/mol. The van der Waals surface area contributed by atoms with Crippen molar-refractivity contribution in [3.05, 3.63) is 17.2 Å². The Morgan fingerprint density at radius 2 is 1.73 bits per heavy atom. The number of esters is 1. The maximum Gasteiger partial charge on any atom is 0.534 e. The first-order valence-electron chi connectivity index (χ1n) is 6.98. The molecule has 0 aliphatic rings. The van der Waals surface area contributed by atoms with Gasteiger partial charge in [0.1, 0.15) is 5.56 Å². The van der Waals surface area contributed by atoms with Gasteiger partial charge in [0, 0.05) is 7.11 Å². The molecular weight excluding hydrogens is 385 g/mol. The van der Waals surface area contributed by atoms with Crippen molar-refractivity contribution in [2.45, 2.75) is 19.0 Å². The van der Waals surface area contributed by atoms with E-state index in [1.165, 1.54) is 14.0 Å². The van der Waals surface area contributed by atoms with E-state index in [-0.39, 0.29) is 24.3 Å². The summed E-state index contributed by atoms with van der Waals surface area (Å²) in [5.41, 5.74) is -5.90. The topological polar surface area (TPSA) is 97.4 Å². The lowest BCUT2D eigenvalue weighted by Gasteiger charge is -2.19. The number of alkyl halides is 3. The van der Waals surface area contributed by atoms with Gasteiger partial charge in [-0.2, -0.15) is 21.6 Å². The van der Waals surface area contributed by atoms with Crippen LogP contribution in [0.4, 0.5) is 13.2 Å². The van der Waals surface area contributed by atoms with E-state index in [4.69, 9.17) is 18.9 Å². The highest BCUT2D eigenvalue weighted by molar-refractivity contribution is 7.88. The molecule has 0 N–H and O–H groups in total. The number of hydrogen-bond acceptors (Lipinski definition) is 8. The summed E-state index contributed by atoms with van der Waals surface area (Å²) in [4.78, 5) is 12.2. The van der Waals surface area contributed by atoms with E-state index in [0.717, 1.165) is 20.3 Å². The fraction of sp³-hybridized carbons (Fsp3) is 0.500. The molecule has 148 valence electrons. The van der Waals surface area contributed by atoms with Crippen molar-refractivity contribution in [2.75, 3.05) is 27.9 Å². The van der Waals surface area contributed by atoms with Crippen LogP contribution in [-0.2, 0) is 26.2 Å². The van der Waals surface area contributed by atoms with Crippen LogP contribution in [-0.4, -0.2) is 47.8 Å². The van der Waals surface area contributed by atoms with Crippen molar-refractivity contribution in [1.29, 1.82) is 0 Å². The first-order valence-corrected chi connectivity index (χ1v) is 8.39. The number of methoxy groups -OCH3 is 3. The Morgan fingerprint density at radius 3 is 2.15 bits per heavy atom. The molecule has 0 bridgehead atoms. The van der Waals surface area contributed by atoms with Gasteiger partial charge in [0.15, 0.2) is 11.5 Å². The van der Waals surface area contributed by atoms with Crippen LogP contribution in [0.15, 0.2) is 6.07 Å². The molecule has 0 unspecified atom stereocenters. The van der Waals surface area contributed by atoms with Gasteiger partial charge in [0.2, 0.25) is 5.75 Å². The predicted molar refractivity (Wildman–Crippen MR) is 81.8 cm³/mol.